The Kier molecular flexibility index (Phi) is 3.05. The molecule has 0 amide bonds. The van der Waals surface area contributed by atoms with Gasteiger partial charge in [-0.25, -0.2) is 4.68 Å². The minimum Gasteiger partial charge on any atom is -0.330 e. The lowest BCUT2D eigenvalue weighted by Gasteiger charge is -2.10. The number of nitrogens with two attached hydrogens (primary N) is 1. The van der Waals surface area contributed by atoms with Gasteiger partial charge >= 0.3 is 0 Å². The molecule has 1 saturated carbocycles. The minimum atomic E-state index is 0.486. The van der Waals surface area contributed by atoms with Crippen molar-refractivity contribution < 1.29 is 0 Å². The third-order valence-corrected chi connectivity index (χ3v) is 2.90. The molecule has 1 aromatic heterocycles. The van der Waals surface area contributed by atoms with Crippen molar-refractivity contribution in [3.05, 3.63) is 11.4 Å². The molecule has 0 aliphatic heterocycles. The Bertz CT molecular complexity index is 325. The maximum atomic E-state index is 5.58. The lowest BCUT2D eigenvalue weighted by molar-refractivity contribution is 0.513. The zero-order valence-electron chi connectivity index (χ0n) is 9.61. The van der Waals surface area contributed by atoms with E-state index in [4.69, 9.17) is 5.73 Å². The zero-order valence-corrected chi connectivity index (χ0v) is 9.61. The zero-order chi connectivity index (χ0) is 10.8. The highest BCUT2D eigenvalue weighted by atomic mass is 15.4. The molecule has 1 aromatic rings. The molecular formula is C11H20N4. The Morgan fingerprint density at radius 1 is 1.47 bits per heavy atom. The molecule has 0 aromatic carbocycles. The molecule has 4 nitrogen and oxygen atoms in total. The number of aromatic nitrogens is 3. The van der Waals surface area contributed by atoms with E-state index in [1.54, 1.807) is 0 Å². The van der Waals surface area contributed by atoms with Gasteiger partial charge in [0.15, 0.2) is 0 Å². The number of hydrogen-bond acceptors (Lipinski definition) is 3. The quantitative estimate of drug-likeness (QED) is 0.793. The molecular weight excluding hydrogens is 188 g/mol. The summed E-state index contributed by atoms with van der Waals surface area (Å²) in [5.41, 5.74) is 7.95. The van der Waals surface area contributed by atoms with Gasteiger partial charge in [-0.1, -0.05) is 19.1 Å². The molecule has 4 heteroatoms. The van der Waals surface area contributed by atoms with Crippen LogP contribution in [0.5, 0.6) is 0 Å². The first-order valence-electron chi connectivity index (χ1n) is 5.84. The Labute approximate surface area is 90.8 Å². The lowest BCUT2D eigenvalue weighted by atomic mass is 10.1. The van der Waals surface area contributed by atoms with Gasteiger partial charge in [0.1, 0.15) is 0 Å². The summed E-state index contributed by atoms with van der Waals surface area (Å²) < 4.78 is 2.09. The average Bonchev–Trinajstić information content (AvgIpc) is 2.88. The highest BCUT2D eigenvalue weighted by Crippen LogP contribution is 2.31. The van der Waals surface area contributed by atoms with E-state index in [2.05, 4.69) is 28.8 Å². The molecule has 2 rings (SSSR count). The molecule has 1 heterocycles. The summed E-state index contributed by atoms with van der Waals surface area (Å²) in [7, 11) is 0. The number of hydrogen-bond donors (Lipinski definition) is 1. The van der Waals surface area contributed by atoms with Crippen LogP contribution in [0.2, 0.25) is 0 Å². The molecule has 15 heavy (non-hydrogen) atoms. The highest BCUT2D eigenvalue weighted by molar-refractivity contribution is 5.15. The fourth-order valence-corrected chi connectivity index (χ4v) is 1.98. The van der Waals surface area contributed by atoms with Gasteiger partial charge < -0.3 is 5.73 Å². The number of nitrogens with zero attached hydrogens (tertiary/aromatic N) is 3. The second-order valence-electron chi connectivity index (χ2n) is 4.74. The van der Waals surface area contributed by atoms with E-state index in [0.717, 1.165) is 24.6 Å². The molecule has 84 valence electrons. The molecule has 0 atom stereocenters. The van der Waals surface area contributed by atoms with Crippen LogP contribution < -0.4 is 5.73 Å². The summed E-state index contributed by atoms with van der Waals surface area (Å²) in [5, 5.41) is 8.49. The fourth-order valence-electron chi connectivity index (χ4n) is 1.98. The Morgan fingerprint density at radius 2 is 2.20 bits per heavy atom. The van der Waals surface area contributed by atoms with Gasteiger partial charge in [-0.2, -0.15) is 0 Å². The van der Waals surface area contributed by atoms with Gasteiger partial charge in [0.05, 0.1) is 11.4 Å². The Hall–Kier alpha value is -0.900. The van der Waals surface area contributed by atoms with Crippen LogP contribution in [0, 0.1) is 5.92 Å². The van der Waals surface area contributed by atoms with Gasteiger partial charge in [-0.3, -0.25) is 0 Å². The van der Waals surface area contributed by atoms with Crippen molar-refractivity contribution in [1.29, 1.82) is 0 Å². The normalized spacial score (nSPS) is 16.3. The van der Waals surface area contributed by atoms with E-state index < -0.39 is 0 Å². The molecule has 0 spiro atoms. The third kappa shape index (κ3) is 2.37. The van der Waals surface area contributed by atoms with Crippen LogP contribution in [-0.4, -0.2) is 21.5 Å². The first-order chi connectivity index (χ1) is 7.22. The van der Waals surface area contributed by atoms with Crippen molar-refractivity contribution in [2.24, 2.45) is 11.7 Å². The fraction of sp³-hybridized carbons (Fsp3) is 0.818. The average molecular weight is 208 g/mol. The Morgan fingerprint density at radius 3 is 2.73 bits per heavy atom. The number of rotatable bonds is 5. The molecule has 0 unspecified atom stereocenters. The van der Waals surface area contributed by atoms with Gasteiger partial charge in [-0.05, 0) is 31.2 Å². The second kappa shape index (κ2) is 4.31. The van der Waals surface area contributed by atoms with Crippen LogP contribution >= 0.6 is 0 Å². The van der Waals surface area contributed by atoms with Crippen LogP contribution in [0.1, 0.15) is 44.0 Å². The second-order valence-corrected chi connectivity index (χ2v) is 4.74. The summed E-state index contributed by atoms with van der Waals surface area (Å²) in [6.45, 7) is 6.09. The summed E-state index contributed by atoms with van der Waals surface area (Å²) in [5.74, 6) is 1.33. The largest absolute Gasteiger partial charge is 0.330 e. The van der Waals surface area contributed by atoms with Crippen molar-refractivity contribution in [3.63, 3.8) is 0 Å². The van der Waals surface area contributed by atoms with E-state index in [1.165, 1.54) is 18.5 Å². The molecule has 0 bridgehead atoms. The van der Waals surface area contributed by atoms with E-state index in [1.807, 2.05) is 0 Å². The van der Waals surface area contributed by atoms with Crippen LogP contribution in [-0.2, 0) is 13.0 Å². The minimum absolute atomic E-state index is 0.486. The van der Waals surface area contributed by atoms with E-state index in [0.29, 0.717) is 12.5 Å². The van der Waals surface area contributed by atoms with Crippen molar-refractivity contribution in [2.45, 2.75) is 45.6 Å². The molecule has 0 radical (unpaired) electrons. The standard InChI is InChI=1S/C11H20N4/c1-8(2)11-10(5-6-12)13-14-15(11)7-9-3-4-9/h8-9H,3-7,12H2,1-2H3. The summed E-state index contributed by atoms with van der Waals surface area (Å²) in [6.07, 6.45) is 3.55. The first-order valence-corrected chi connectivity index (χ1v) is 5.84. The maximum absolute atomic E-state index is 5.58. The maximum Gasteiger partial charge on any atom is 0.0874 e. The molecule has 1 aliphatic rings. The first kappa shape index (κ1) is 10.6. The van der Waals surface area contributed by atoms with Gasteiger partial charge in [0.2, 0.25) is 0 Å². The SMILES string of the molecule is CC(C)c1c(CCN)nnn1CC1CC1. The lowest BCUT2D eigenvalue weighted by Crippen LogP contribution is -2.11. The van der Waals surface area contributed by atoms with Gasteiger partial charge in [0.25, 0.3) is 0 Å². The van der Waals surface area contributed by atoms with Crippen LogP contribution in [0.4, 0.5) is 0 Å². The van der Waals surface area contributed by atoms with Crippen LogP contribution in [0.15, 0.2) is 0 Å². The van der Waals surface area contributed by atoms with Gasteiger partial charge in [0, 0.05) is 13.0 Å². The predicted molar refractivity (Wildman–Crippen MR) is 59.6 cm³/mol. The summed E-state index contributed by atoms with van der Waals surface area (Å²) >= 11 is 0. The Balaban J connectivity index is 2.19. The van der Waals surface area contributed by atoms with Crippen molar-refractivity contribution in [2.75, 3.05) is 6.54 Å². The van der Waals surface area contributed by atoms with Crippen molar-refractivity contribution in [3.8, 4) is 0 Å². The topological polar surface area (TPSA) is 56.7 Å². The van der Waals surface area contributed by atoms with Crippen LogP contribution in [0.3, 0.4) is 0 Å². The monoisotopic (exact) mass is 208 g/mol. The van der Waals surface area contributed by atoms with Crippen molar-refractivity contribution in [1.82, 2.24) is 15.0 Å². The molecule has 1 fully saturated rings. The van der Waals surface area contributed by atoms with E-state index in [-0.39, 0.29) is 0 Å². The van der Waals surface area contributed by atoms with Crippen LogP contribution in [0.25, 0.3) is 0 Å². The van der Waals surface area contributed by atoms with E-state index >= 15 is 0 Å². The molecule has 1 aliphatic carbocycles. The van der Waals surface area contributed by atoms with E-state index in [9.17, 15) is 0 Å². The predicted octanol–water partition coefficient (Wildman–Crippen LogP) is 1.31. The third-order valence-electron chi connectivity index (χ3n) is 2.90. The summed E-state index contributed by atoms with van der Waals surface area (Å²) in [4.78, 5) is 0. The van der Waals surface area contributed by atoms with Crippen molar-refractivity contribution >= 4 is 0 Å². The smallest absolute Gasteiger partial charge is 0.0874 e. The molecule has 0 saturated heterocycles. The summed E-state index contributed by atoms with van der Waals surface area (Å²) in [6, 6.07) is 0. The molecule has 2 N–H and O–H groups in total. The highest BCUT2D eigenvalue weighted by Gasteiger charge is 2.25. The van der Waals surface area contributed by atoms with Gasteiger partial charge in [-0.15, -0.1) is 5.10 Å².